The van der Waals surface area contributed by atoms with Gasteiger partial charge in [0.1, 0.15) is 13.2 Å². The summed E-state index contributed by atoms with van der Waals surface area (Å²) in [5.41, 5.74) is 2.89. The van der Waals surface area contributed by atoms with Crippen molar-refractivity contribution in [2.45, 2.75) is 33.3 Å². The first-order chi connectivity index (χ1) is 16.9. The van der Waals surface area contributed by atoms with E-state index in [1.54, 1.807) is 17.0 Å². The minimum absolute atomic E-state index is 0.192. The molecule has 0 spiro atoms. The molecule has 0 radical (unpaired) electrons. The fourth-order valence-electron chi connectivity index (χ4n) is 3.90. The van der Waals surface area contributed by atoms with E-state index in [9.17, 15) is 14.4 Å². The molecule has 7 nitrogen and oxygen atoms in total. The summed E-state index contributed by atoms with van der Waals surface area (Å²) in [6.45, 7) is 5.87. The molecule has 0 saturated carbocycles. The van der Waals surface area contributed by atoms with Gasteiger partial charge in [0.05, 0.1) is 16.0 Å². The number of thioether (sulfide) groups is 1. The van der Waals surface area contributed by atoms with Crippen LogP contribution in [0.1, 0.15) is 36.5 Å². The second kappa shape index (κ2) is 11.3. The number of benzene rings is 2. The van der Waals surface area contributed by atoms with Crippen molar-refractivity contribution < 1.29 is 23.9 Å². The molecule has 0 N–H and O–H groups in total. The monoisotopic (exact) mass is 558 g/mol. The average molecular weight is 559 g/mol. The number of nitrogens with zero attached hydrogens (tertiary/aromatic N) is 2. The van der Waals surface area contributed by atoms with Crippen LogP contribution in [0, 0.1) is 6.92 Å². The van der Waals surface area contributed by atoms with Gasteiger partial charge in [-0.25, -0.2) is 0 Å². The number of rotatable bonds is 8. The van der Waals surface area contributed by atoms with E-state index >= 15 is 0 Å². The van der Waals surface area contributed by atoms with E-state index in [4.69, 9.17) is 9.47 Å². The van der Waals surface area contributed by atoms with Gasteiger partial charge in [-0.05, 0) is 83.7 Å². The Kier molecular flexibility index (Phi) is 8.18. The van der Waals surface area contributed by atoms with E-state index in [1.165, 1.54) is 5.56 Å². The van der Waals surface area contributed by atoms with Gasteiger partial charge in [-0.15, -0.1) is 0 Å². The standard InChI is InChI=1S/C26H27BrN2O5S/c1-3-33-21-13-19(12-20(27)24(21)34-16-18-8-6-17(2)7-9-18)14-22-25(31)29(26(32)35-22)15-23(30)28-10-4-5-11-28/h6-9,12-14H,3-5,10-11,15-16H2,1-2H3/b22-14+. The maximum atomic E-state index is 12.9. The molecule has 2 aromatic carbocycles. The number of halogens is 1. The summed E-state index contributed by atoms with van der Waals surface area (Å²) in [4.78, 5) is 40.8. The lowest BCUT2D eigenvalue weighted by atomic mass is 10.1. The van der Waals surface area contributed by atoms with Crippen LogP contribution >= 0.6 is 27.7 Å². The zero-order chi connectivity index (χ0) is 24.9. The lowest BCUT2D eigenvalue weighted by molar-refractivity contribution is -0.135. The number of carbonyl (C=O) groups excluding carboxylic acids is 3. The number of amides is 3. The number of hydrogen-bond acceptors (Lipinski definition) is 6. The zero-order valence-electron chi connectivity index (χ0n) is 19.7. The van der Waals surface area contributed by atoms with Crippen LogP contribution in [0.15, 0.2) is 45.8 Å². The van der Waals surface area contributed by atoms with Crippen molar-refractivity contribution in [2.75, 3.05) is 26.2 Å². The van der Waals surface area contributed by atoms with Gasteiger partial charge in [-0.2, -0.15) is 0 Å². The number of hydrogen-bond donors (Lipinski definition) is 0. The molecule has 0 aliphatic carbocycles. The number of carbonyl (C=O) groups is 3. The molecule has 2 saturated heterocycles. The summed E-state index contributed by atoms with van der Waals surface area (Å²) < 4.78 is 12.5. The van der Waals surface area contributed by atoms with Crippen LogP contribution < -0.4 is 9.47 Å². The topological polar surface area (TPSA) is 76.2 Å². The second-order valence-electron chi connectivity index (χ2n) is 8.39. The summed E-state index contributed by atoms with van der Waals surface area (Å²) in [6.07, 6.45) is 3.55. The average Bonchev–Trinajstić information content (AvgIpc) is 3.45. The molecule has 184 valence electrons. The highest BCUT2D eigenvalue weighted by Crippen LogP contribution is 2.39. The molecule has 9 heteroatoms. The first kappa shape index (κ1) is 25.3. The van der Waals surface area contributed by atoms with Crippen molar-refractivity contribution >= 4 is 50.8 Å². The molecule has 35 heavy (non-hydrogen) atoms. The fourth-order valence-corrected chi connectivity index (χ4v) is 5.32. The molecular weight excluding hydrogens is 532 g/mol. The number of aryl methyl sites for hydroxylation is 1. The van der Waals surface area contributed by atoms with Gasteiger partial charge in [0.25, 0.3) is 11.1 Å². The summed E-state index contributed by atoms with van der Waals surface area (Å²) in [6, 6.07) is 11.7. The number of ether oxygens (including phenoxy) is 2. The molecule has 0 aromatic heterocycles. The van der Waals surface area contributed by atoms with Crippen LogP contribution in [0.3, 0.4) is 0 Å². The van der Waals surface area contributed by atoms with Gasteiger partial charge >= 0.3 is 0 Å². The first-order valence-corrected chi connectivity index (χ1v) is 13.1. The van der Waals surface area contributed by atoms with Crippen LogP contribution in [-0.2, 0) is 16.2 Å². The quantitative estimate of drug-likeness (QED) is 0.404. The molecule has 2 aromatic rings. The SMILES string of the molecule is CCOc1cc(/C=C2/SC(=O)N(CC(=O)N3CCCC3)C2=O)cc(Br)c1OCc1ccc(C)cc1. The smallest absolute Gasteiger partial charge is 0.294 e. The first-order valence-electron chi connectivity index (χ1n) is 11.5. The van der Waals surface area contributed by atoms with E-state index in [-0.39, 0.29) is 17.4 Å². The molecule has 0 bridgehead atoms. The van der Waals surface area contributed by atoms with Gasteiger partial charge in [-0.3, -0.25) is 19.3 Å². The van der Waals surface area contributed by atoms with Gasteiger partial charge in [0.15, 0.2) is 11.5 Å². The third kappa shape index (κ3) is 6.08. The lowest BCUT2D eigenvalue weighted by Crippen LogP contribution is -2.40. The molecule has 0 atom stereocenters. The van der Waals surface area contributed by atoms with Crippen molar-refractivity contribution in [1.29, 1.82) is 0 Å². The highest BCUT2D eigenvalue weighted by Gasteiger charge is 2.37. The van der Waals surface area contributed by atoms with Crippen LogP contribution in [0.2, 0.25) is 0 Å². The van der Waals surface area contributed by atoms with Crippen molar-refractivity contribution in [3.8, 4) is 11.5 Å². The zero-order valence-corrected chi connectivity index (χ0v) is 22.1. The van der Waals surface area contributed by atoms with E-state index in [0.717, 1.165) is 35.1 Å². The number of likely N-dealkylation sites (tertiary alicyclic amines) is 1. The second-order valence-corrected chi connectivity index (χ2v) is 10.2. The van der Waals surface area contributed by atoms with Crippen LogP contribution in [0.5, 0.6) is 11.5 Å². The Bertz CT molecular complexity index is 1160. The summed E-state index contributed by atoms with van der Waals surface area (Å²) >= 11 is 4.40. The molecule has 2 aliphatic heterocycles. The fraction of sp³-hybridized carbons (Fsp3) is 0.346. The van der Waals surface area contributed by atoms with Crippen molar-refractivity contribution in [3.05, 3.63) is 62.5 Å². The van der Waals surface area contributed by atoms with Crippen molar-refractivity contribution in [1.82, 2.24) is 9.80 Å². The Morgan fingerprint density at radius 3 is 2.51 bits per heavy atom. The number of imide groups is 1. The normalized spacial score (nSPS) is 16.9. The highest BCUT2D eigenvalue weighted by atomic mass is 79.9. The molecule has 2 fully saturated rings. The van der Waals surface area contributed by atoms with Gasteiger partial charge in [0.2, 0.25) is 5.91 Å². The minimum Gasteiger partial charge on any atom is -0.490 e. The largest absolute Gasteiger partial charge is 0.490 e. The Morgan fingerprint density at radius 1 is 1.11 bits per heavy atom. The van der Waals surface area contributed by atoms with E-state index in [2.05, 4.69) is 15.9 Å². The van der Waals surface area contributed by atoms with Gasteiger partial charge in [-0.1, -0.05) is 29.8 Å². The van der Waals surface area contributed by atoms with Gasteiger partial charge in [0, 0.05) is 13.1 Å². The minimum atomic E-state index is -0.457. The summed E-state index contributed by atoms with van der Waals surface area (Å²) in [5, 5.41) is -0.434. The van der Waals surface area contributed by atoms with Crippen LogP contribution in [-0.4, -0.2) is 53.1 Å². The Labute approximate surface area is 217 Å². The maximum absolute atomic E-state index is 12.9. The molecule has 3 amide bonds. The highest BCUT2D eigenvalue weighted by molar-refractivity contribution is 9.10. The van der Waals surface area contributed by atoms with E-state index in [0.29, 0.717) is 47.8 Å². The predicted molar refractivity (Wildman–Crippen MR) is 139 cm³/mol. The molecule has 0 unspecified atom stereocenters. The summed E-state index contributed by atoms with van der Waals surface area (Å²) in [5.74, 6) is 0.446. The van der Waals surface area contributed by atoms with E-state index < -0.39 is 11.1 Å². The van der Waals surface area contributed by atoms with Crippen LogP contribution in [0.4, 0.5) is 4.79 Å². The molecule has 2 aliphatic rings. The predicted octanol–water partition coefficient (Wildman–Crippen LogP) is 5.39. The van der Waals surface area contributed by atoms with Gasteiger partial charge < -0.3 is 14.4 Å². The molecule has 4 rings (SSSR count). The lowest BCUT2D eigenvalue weighted by Gasteiger charge is -2.18. The third-order valence-electron chi connectivity index (χ3n) is 5.76. The van der Waals surface area contributed by atoms with Crippen molar-refractivity contribution in [2.24, 2.45) is 0 Å². The Balaban J connectivity index is 1.51. The van der Waals surface area contributed by atoms with Crippen molar-refractivity contribution in [3.63, 3.8) is 0 Å². The Hall–Kier alpha value is -2.78. The van der Waals surface area contributed by atoms with Crippen LogP contribution in [0.25, 0.3) is 6.08 Å². The summed E-state index contributed by atoms with van der Waals surface area (Å²) in [7, 11) is 0. The third-order valence-corrected chi connectivity index (χ3v) is 7.26. The molecular formula is C26H27BrN2O5S. The Morgan fingerprint density at radius 2 is 1.83 bits per heavy atom. The maximum Gasteiger partial charge on any atom is 0.294 e. The molecule has 2 heterocycles. The van der Waals surface area contributed by atoms with E-state index in [1.807, 2.05) is 44.2 Å².